The molecule has 148 valence electrons. The summed E-state index contributed by atoms with van der Waals surface area (Å²) in [5.74, 6) is -0.863. The van der Waals surface area contributed by atoms with Crippen LogP contribution in [0, 0.1) is 5.82 Å². The third-order valence-electron chi connectivity index (χ3n) is 4.57. The average molecular weight is 387 g/mol. The molecule has 1 fully saturated rings. The maximum atomic E-state index is 13.9. The van der Waals surface area contributed by atoms with Crippen molar-refractivity contribution in [2.45, 2.75) is 25.4 Å². The van der Waals surface area contributed by atoms with Gasteiger partial charge in [0.15, 0.2) is 6.61 Å². The predicted molar refractivity (Wildman–Crippen MR) is 99.8 cm³/mol. The summed E-state index contributed by atoms with van der Waals surface area (Å²) in [5, 5.41) is 0. The molecule has 6 nitrogen and oxygen atoms in total. The largest absolute Gasteiger partial charge is 0.496 e. The molecular weight excluding hydrogens is 365 g/mol. The number of ether oxygens (including phenoxy) is 3. The van der Waals surface area contributed by atoms with Crippen molar-refractivity contribution < 1.29 is 28.2 Å². The van der Waals surface area contributed by atoms with Crippen LogP contribution in [0.5, 0.6) is 11.5 Å². The molecule has 1 saturated carbocycles. The summed E-state index contributed by atoms with van der Waals surface area (Å²) in [6, 6.07) is 11.3. The molecule has 0 unspecified atom stereocenters. The number of hydrogen-bond acceptors (Lipinski definition) is 5. The van der Waals surface area contributed by atoms with Crippen molar-refractivity contribution in [3.05, 3.63) is 59.4 Å². The minimum absolute atomic E-state index is 0.0478. The van der Waals surface area contributed by atoms with Gasteiger partial charge in [-0.15, -0.1) is 0 Å². The van der Waals surface area contributed by atoms with Crippen LogP contribution in [-0.4, -0.2) is 43.6 Å². The van der Waals surface area contributed by atoms with E-state index in [9.17, 15) is 14.0 Å². The number of rotatable bonds is 8. The van der Waals surface area contributed by atoms with Crippen molar-refractivity contribution in [2.75, 3.05) is 20.8 Å². The summed E-state index contributed by atoms with van der Waals surface area (Å²) in [6.45, 7) is -0.295. The second-order valence-corrected chi connectivity index (χ2v) is 6.46. The smallest absolute Gasteiger partial charge is 0.346 e. The molecule has 0 heterocycles. The number of benzene rings is 2. The van der Waals surface area contributed by atoms with Crippen molar-refractivity contribution in [2.24, 2.45) is 0 Å². The van der Waals surface area contributed by atoms with E-state index in [-0.39, 0.29) is 29.9 Å². The van der Waals surface area contributed by atoms with Crippen LogP contribution in [0.2, 0.25) is 0 Å². The molecule has 28 heavy (non-hydrogen) atoms. The molecule has 0 aliphatic heterocycles. The second-order valence-electron chi connectivity index (χ2n) is 6.46. The van der Waals surface area contributed by atoms with E-state index >= 15 is 0 Å². The number of nitrogens with zero attached hydrogens (tertiary/aromatic N) is 1. The van der Waals surface area contributed by atoms with Gasteiger partial charge in [0.05, 0.1) is 14.2 Å². The van der Waals surface area contributed by atoms with E-state index in [0.29, 0.717) is 17.1 Å². The van der Waals surface area contributed by atoms with Crippen molar-refractivity contribution in [3.63, 3.8) is 0 Å². The number of amides is 1. The van der Waals surface area contributed by atoms with E-state index in [4.69, 9.17) is 14.2 Å². The fourth-order valence-electron chi connectivity index (χ4n) is 2.95. The summed E-state index contributed by atoms with van der Waals surface area (Å²) >= 11 is 0. The molecule has 0 atom stereocenters. The first-order valence-corrected chi connectivity index (χ1v) is 8.96. The molecular formula is C21H22FNO5. The number of carbonyl (C=O) groups excluding carboxylic acids is 2. The van der Waals surface area contributed by atoms with E-state index < -0.39 is 12.6 Å². The zero-order valence-corrected chi connectivity index (χ0v) is 15.8. The van der Waals surface area contributed by atoms with E-state index in [2.05, 4.69) is 0 Å². The van der Waals surface area contributed by atoms with Gasteiger partial charge < -0.3 is 19.1 Å². The monoisotopic (exact) mass is 387 g/mol. The van der Waals surface area contributed by atoms with Crippen LogP contribution in [0.3, 0.4) is 0 Å². The number of methoxy groups -OCH3 is 2. The van der Waals surface area contributed by atoms with Crippen LogP contribution in [0.25, 0.3) is 0 Å². The molecule has 1 aliphatic rings. The third kappa shape index (κ3) is 4.42. The zero-order valence-electron chi connectivity index (χ0n) is 15.8. The van der Waals surface area contributed by atoms with Crippen LogP contribution in [0.1, 0.15) is 28.8 Å². The number of hydrogen-bond donors (Lipinski definition) is 0. The normalized spacial score (nSPS) is 13.0. The third-order valence-corrected chi connectivity index (χ3v) is 4.57. The minimum Gasteiger partial charge on any atom is -0.496 e. The van der Waals surface area contributed by atoms with Gasteiger partial charge in [-0.3, -0.25) is 4.79 Å². The lowest BCUT2D eigenvalue weighted by Gasteiger charge is -2.23. The Bertz CT molecular complexity index is 843. The Labute approximate surface area is 162 Å². The summed E-state index contributed by atoms with van der Waals surface area (Å²) < 4.78 is 29.5. The average Bonchev–Trinajstić information content (AvgIpc) is 3.55. The standard InChI is InChI=1S/C21H22FNO5/c1-26-17-8-5-9-18(27-2)20(17)21(25)28-13-19(24)23(15-10-11-15)12-14-6-3-4-7-16(14)22/h3-9,15H,10-13H2,1-2H3. The Morgan fingerprint density at radius 3 is 2.25 bits per heavy atom. The van der Waals surface area contributed by atoms with Gasteiger partial charge in [-0.25, -0.2) is 9.18 Å². The SMILES string of the molecule is COc1cccc(OC)c1C(=O)OCC(=O)N(Cc1ccccc1F)C1CC1. The van der Waals surface area contributed by atoms with Gasteiger partial charge >= 0.3 is 5.97 Å². The highest BCUT2D eigenvalue weighted by atomic mass is 19.1. The molecule has 1 aliphatic carbocycles. The van der Waals surface area contributed by atoms with Gasteiger partial charge in [-0.1, -0.05) is 24.3 Å². The van der Waals surface area contributed by atoms with Crippen molar-refractivity contribution in [1.82, 2.24) is 4.90 Å². The Kier molecular flexibility index (Phi) is 6.13. The van der Waals surface area contributed by atoms with E-state index in [1.807, 2.05) is 0 Å². The summed E-state index contributed by atoms with van der Waals surface area (Å²) in [4.78, 5) is 26.7. The van der Waals surface area contributed by atoms with Gasteiger partial charge in [0.25, 0.3) is 5.91 Å². The molecule has 1 amide bonds. The highest BCUT2D eigenvalue weighted by molar-refractivity contribution is 5.96. The van der Waals surface area contributed by atoms with Crippen LogP contribution >= 0.6 is 0 Å². The van der Waals surface area contributed by atoms with E-state index in [0.717, 1.165) is 12.8 Å². The molecule has 2 aromatic carbocycles. The minimum atomic E-state index is -0.718. The maximum absolute atomic E-state index is 13.9. The van der Waals surface area contributed by atoms with Crippen LogP contribution < -0.4 is 9.47 Å². The fraction of sp³-hybridized carbons (Fsp3) is 0.333. The molecule has 0 aromatic heterocycles. The molecule has 0 radical (unpaired) electrons. The fourth-order valence-corrected chi connectivity index (χ4v) is 2.95. The van der Waals surface area contributed by atoms with Gasteiger partial charge in [0.2, 0.25) is 0 Å². The van der Waals surface area contributed by atoms with Crippen LogP contribution in [0.15, 0.2) is 42.5 Å². The van der Waals surface area contributed by atoms with Gasteiger partial charge in [-0.2, -0.15) is 0 Å². The molecule has 7 heteroatoms. The van der Waals surface area contributed by atoms with Crippen LogP contribution in [0.4, 0.5) is 4.39 Å². The Morgan fingerprint density at radius 2 is 1.68 bits per heavy atom. The van der Waals surface area contributed by atoms with Gasteiger partial charge in [0.1, 0.15) is 22.9 Å². The highest BCUT2D eigenvalue weighted by Crippen LogP contribution is 2.30. The van der Waals surface area contributed by atoms with Gasteiger partial charge in [-0.05, 0) is 31.0 Å². The van der Waals surface area contributed by atoms with Crippen molar-refractivity contribution in [1.29, 1.82) is 0 Å². The Balaban J connectivity index is 1.68. The lowest BCUT2D eigenvalue weighted by molar-refractivity contribution is -0.135. The first-order chi connectivity index (χ1) is 13.5. The summed E-state index contributed by atoms with van der Waals surface area (Å²) in [7, 11) is 2.86. The number of carbonyl (C=O) groups is 2. The molecule has 0 saturated heterocycles. The number of halogens is 1. The topological polar surface area (TPSA) is 65.1 Å². The first-order valence-electron chi connectivity index (χ1n) is 8.96. The van der Waals surface area contributed by atoms with Crippen molar-refractivity contribution in [3.8, 4) is 11.5 Å². The first kappa shape index (κ1) is 19.7. The molecule has 0 N–H and O–H groups in total. The van der Waals surface area contributed by atoms with Gasteiger partial charge in [0, 0.05) is 18.2 Å². The van der Waals surface area contributed by atoms with E-state index in [1.165, 1.54) is 20.3 Å². The molecule has 0 bridgehead atoms. The zero-order chi connectivity index (χ0) is 20.1. The predicted octanol–water partition coefficient (Wildman–Crippen LogP) is 3.19. The highest BCUT2D eigenvalue weighted by Gasteiger charge is 2.33. The summed E-state index contributed by atoms with van der Waals surface area (Å²) in [5.41, 5.74) is 0.549. The van der Waals surface area contributed by atoms with E-state index in [1.54, 1.807) is 41.3 Å². The number of esters is 1. The Hall–Kier alpha value is -3.09. The maximum Gasteiger partial charge on any atom is 0.346 e. The summed E-state index contributed by atoms with van der Waals surface area (Å²) in [6.07, 6.45) is 1.71. The Morgan fingerprint density at radius 1 is 1.04 bits per heavy atom. The molecule has 0 spiro atoms. The molecule has 2 aromatic rings. The van der Waals surface area contributed by atoms with Crippen LogP contribution in [-0.2, 0) is 16.1 Å². The lowest BCUT2D eigenvalue weighted by atomic mass is 10.2. The quantitative estimate of drug-likeness (QED) is 0.651. The lowest BCUT2D eigenvalue weighted by Crippen LogP contribution is -2.36. The second kappa shape index (κ2) is 8.73. The van der Waals surface area contributed by atoms with Crippen molar-refractivity contribution >= 4 is 11.9 Å². The molecule has 3 rings (SSSR count).